The number of benzene rings is 1. The van der Waals surface area contributed by atoms with Crippen LogP contribution in [-0.4, -0.2) is 46.0 Å². The molecule has 1 aliphatic rings. The van der Waals surface area contributed by atoms with Gasteiger partial charge in [-0.2, -0.15) is 15.0 Å². The van der Waals surface area contributed by atoms with Gasteiger partial charge in [-0.25, -0.2) is 0 Å². The van der Waals surface area contributed by atoms with Crippen molar-refractivity contribution in [2.24, 2.45) is 0 Å². The number of hydrogen-bond donors (Lipinski definition) is 0. The van der Waals surface area contributed by atoms with Crippen molar-refractivity contribution < 1.29 is 4.42 Å². The van der Waals surface area contributed by atoms with Gasteiger partial charge in [0.15, 0.2) is 0 Å². The molecule has 2 aromatic heterocycles. The molecule has 1 fully saturated rings. The molecule has 0 unspecified atom stereocenters. The molecule has 3 heterocycles. The number of anilines is 1. The van der Waals surface area contributed by atoms with E-state index in [2.05, 4.69) is 36.9 Å². The fraction of sp³-hybridized carbons (Fsp3) is 0.312. The van der Waals surface area contributed by atoms with Crippen LogP contribution in [0.25, 0.3) is 11.0 Å². The van der Waals surface area contributed by atoms with Gasteiger partial charge in [-0.3, -0.25) is 4.90 Å². The summed E-state index contributed by atoms with van der Waals surface area (Å²) in [7, 11) is 0. The molecule has 0 N–H and O–H groups in total. The van der Waals surface area contributed by atoms with Gasteiger partial charge in [-0.15, -0.1) is 0 Å². The first kappa shape index (κ1) is 15.6. The highest BCUT2D eigenvalue weighted by Crippen LogP contribution is 2.21. The molecular formula is C16H15Cl2N5O. The van der Waals surface area contributed by atoms with E-state index in [0.717, 1.165) is 49.5 Å². The minimum atomic E-state index is 0.120. The Bertz CT molecular complexity index is 807. The maximum absolute atomic E-state index is 5.89. The van der Waals surface area contributed by atoms with Gasteiger partial charge in [-0.1, -0.05) is 18.2 Å². The van der Waals surface area contributed by atoms with E-state index in [1.165, 1.54) is 0 Å². The summed E-state index contributed by atoms with van der Waals surface area (Å²) >= 11 is 11.7. The topological polar surface area (TPSA) is 58.3 Å². The zero-order valence-electron chi connectivity index (χ0n) is 12.8. The van der Waals surface area contributed by atoms with Crippen molar-refractivity contribution >= 4 is 40.1 Å². The smallest absolute Gasteiger partial charge is 0.231 e. The van der Waals surface area contributed by atoms with Crippen molar-refractivity contribution in [1.29, 1.82) is 0 Å². The van der Waals surface area contributed by atoms with Gasteiger partial charge >= 0.3 is 0 Å². The summed E-state index contributed by atoms with van der Waals surface area (Å²) in [4.78, 5) is 16.5. The van der Waals surface area contributed by atoms with Crippen molar-refractivity contribution in [1.82, 2.24) is 19.9 Å². The fourth-order valence-electron chi connectivity index (χ4n) is 2.90. The highest BCUT2D eigenvalue weighted by Gasteiger charge is 2.21. The van der Waals surface area contributed by atoms with Crippen molar-refractivity contribution in [2.75, 3.05) is 31.1 Å². The summed E-state index contributed by atoms with van der Waals surface area (Å²) in [6, 6.07) is 10.2. The van der Waals surface area contributed by atoms with Gasteiger partial charge in [0, 0.05) is 31.6 Å². The van der Waals surface area contributed by atoms with Crippen LogP contribution in [0.3, 0.4) is 0 Å². The van der Waals surface area contributed by atoms with E-state index in [1.54, 1.807) is 0 Å². The maximum Gasteiger partial charge on any atom is 0.231 e. The van der Waals surface area contributed by atoms with Gasteiger partial charge in [0.05, 0.1) is 6.54 Å². The normalized spacial score (nSPS) is 16.0. The first-order chi connectivity index (χ1) is 11.7. The predicted molar refractivity (Wildman–Crippen MR) is 93.6 cm³/mol. The van der Waals surface area contributed by atoms with E-state index >= 15 is 0 Å². The quantitative estimate of drug-likeness (QED) is 0.711. The largest absolute Gasteiger partial charge is 0.460 e. The Labute approximate surface area is 149 Å². The number of fused-ring (bicyclic) bond motifs is 1. The van der Waals surface area contributed by atoms with Crippen LogP contribution in [0.15, 0.2) is 34.7 Å². The zero-order chi connectivity index (χ0) is 16.5. The number of aromatic nitrogens is 3. The van der Waals surface area contributed by atoms with Crippen molar-refractivity contribution in [3.8, 4) is 0 Å². The second kappa shape index (κ2) is 6.55. The second-order valence-electron chi connectivity index (χ2n) is 5.69. The summed E-state index contributed by atoms with van der Waals surface area (Å²) in [6.07, 6.45) is 0. The lowest BCUT2D eigenvalue weighted by Crippen LogP contribution is -2.46. The molecule has 0 amide bonds. The minimum Gasteiger partial charge on any atom is -0.460 e. The molecule has 124 valence electrons. The van der Waals surface area contributed by atoms with Gasteiger partial charge in [0.25, 0.3) is 0 Å². The molecule has 0 radical (unpaired) electrons. The minimum absolute atomic E-state index is 0.120. The third-order valence-corrected chi connectivity index (χ3v) is 4.42. The molecule has 0 atom stereocenters. The lowest BCUT2D eigenvalue weighted by atomic mass is 10.2. The number of halogens is 2. The molecule has 0 aliphatic carbocycles. The summed E-state index contributed by atoms with van der Waals surface area (Å²) in [5.74, 6) is 1.51. The lowest BCUT2D eigenvalue weighted by Gasteiger charge is -2.34. The molecule has 4 rings (SSSR count). The summed E-state index contributed by atoms with van der Waals surface area (Å²) < 4.78 is 5.89. The average Bonchev–Trinajstić information content (AvgIpc) is 2.97. The van der Waals surface area contributed by atoms with Crippen molar-refractivity contribution in [2.45, 2.75) is 6.54 Å². The van der Waals surface area contributed by atoms with E-state index in [-0.39, 0.29) is 10.6 Å². The number of rotatable bonds is 3. The standard InChI is InChI=1S/C16H15Cl2N5O/c17-14-19-15(18)21-16(20-14)23-7-5-22(6-8-23)10-12-9-11-3-1-2-4-13(11)24-12/h1-4,9H,5-8,10H2. The number of hydrogen-bond acceptors (Lipinski definition) is 6. The van der Waals surface area contributed by atoms with Crippen LogP contribution in [0.4, 0.5) is 5.95 Å². The van der Waals surface area contributed by atoms with E-state index in [0.29, 0.717) is 5.95 Å². The van der Waals surface area contributed by atoms with Crippen molar-refractivity contribution in [3.63, 3.8) is 0 Å². The second-order valence-corrected chi connectivity index (χ2v) is 6.36. The molecule has 1 aromatic carbocycles. The first-order valence-electron chi connectivity index (χ1n) is 7.69. The van der Waals surface area contributed by atoms with Gasteiger partial charge in [0.1, 0.15) is 11.3 Å². The highest BCUT2D eigenvalue weighted by atomic mass is 35.5. The molecule has 3 aromatic rings. The Kier molecular flexibility index (Phi) is 4.26. The molecule has 0 bridgehead atoms. The fourth-order valence-corrected chi connectivity index (χ4v) is 3.25. The van der Waals surface area contributed by atoms with Crippen LogP contribution >= 0.6 is 23.2 Å². The maximum atomic E-state index is 5.89. The van der Waals surface area contributed by atoms with Crippen molar-refractivity contribution in [3.05, 3.63) is 46.7 Å². The molecule has 6 nitrogen and oxygen atoms in total. The van der Waals surface area contributed by atoms with E-state index in [9.17, 15) is 0 Å². The van der Waals surface area contributed by atoms with Crippen LogP contribution in [0, 0.1) is 0 Å². The molecule has 24 heavy (non-hydrogen) atoms. The number of nitrogens with zero attached hydrogens (tertiary/aromatic N) is 5. The van der Waals surface area contributed by atoms with Crippen LogP contribution < -0.4 is 4.90 Å². The Morgan fingerprint density at radius 1 is 0.958 bits per heavy atom. The van der Waals surface area contributed by atoms with Gasteiger partial charge < -0.3 is 9.32 Å². The number of furan rings is 1. The molecule has 1 saturated heterocycles. The SMILES string of the molecule is Clc1nc(Cl)nc(N2CCN(Cc3cc4ccccc4o3)CC2)n1. The predicted octanol–water partition coefficient (Wildman–Crippen LogP) is 3.25. The summed E-state index contributed by atoms with van der Waals surface area (Å²) in [6.45, 7) is 4.17. The Morgan fingerprint density at radius 3 is 2.38 bits per heavy atom. The van der Waals surface area contributed by atoms with E-state index < -0.39 is 0 Å². The molecule has 1 aliphatic heterocycles. The number of piperazine rings is 1. The molecule has 8 heteroatoms. The Morgan fingerprint density at radius 2 is 1.67 bits per heavy atom. The third-order valence-electron chi connectivity index (χ3n) is 4.08. The monoisotopic (exact) mass is 363 g/mol. The van der Waals surface area contributed by atoms with Crippen LogP contribution in [0.1, 0.15) is 5.76 Å². The summed E-state index contributed by atoms with van der Waals surface area (Å²) in [5.41, 5.74) is 0.931. The van der Waals surface area contributed by atoms with Crippen LogP contribution in [-0.2, 0) is 6.54 Å². The number of para-hydroxylation sites is 1. The Balaban J connectivity index is 1.40. The summed E-state index contributed by atoms with van der Waals surface area (Å²) in [5, 5.41) is 1.38. The van der Waals surface area contributed by atoms with Crippen LogP contribution in [0.2, 0.25) is 10.6 Å². The lowest BCUT2D eigenvalue weighted by molar-refractivity contribution is 0.232. The van der Waals surface area contributed by atoms with Gasteiger partial charge in [-0.05, 0) is 35.3 Å². The van der Waals surface area contributed by atoms with E-state index in [1.807, 2.05) is 18.2 Å². The molecule has 0 saturated carbocycles. The third kappa shape index (κ3) is 3.31. The Hall–Kier alpha value is -1.89. The molecule has 0 spiro atoms. The van der Waals surface area contributed by atoms with Gasteiger partial charge in [0.2, 0.25) is 16.5 Å². The van der Waals surface area contributed by atoms with Crippen LogP contribution in [0.5, 0.6) is 0 Å². The first-order valence-corrected chi connectivity index (χ1v) is 8.45. The molecular weight excluding hydrogens is 349 g/mol. The highest BCUT2D eigenvalue weighted by molar-refractivity contribution is 6.31. The van der Waals surface area contributed by atoms with E-state index in [4.69, 9.17) is 27.6 Å². The zero-order valence-corrected chi connectivity index (χ0v) is 14.3. The average molecular weight is 364 g/mol.